The van der Waals surface area contributed by atoms with Crippen LogP contribution in [0.25, 0.3) is 0 Å². The van der Waals surface area contributed by atoms with Crippen molar-refractivity contribution in [2.24, 2.45) is 0 Å². The van der Waals surface area contributed by atoms with Gasteiger partial charge in [-0.15, -0.1) is 0 Å². The average molecular weight is 254 g/mol. The largest absolute Gasteiger partial charge is 0.496 e. The van der Waals surface area contributed by atoms with Gasteiger partial charge >= 0.3 is 0 Å². The van der Waals surface area contributed by atoms with Crippen LogP contribution in [-0.4, -0.2) is 53.5 Å². The highest BCUT2D eigenvalue weighted by Crippen LogP contribution is 2.24. The van der Waals surface area contributed by atoms with Crippen molar-refractivity contribution in [3.8, 4) is 5.75 Å². The third-order valence-corrected chi connectivity index (χ3v) is 2.96. The van der Waals surface area contributed by atoms with E-state index in [0.717, 1.165) is 22.6 Å². The van der Waals surface area contributed by atoms with Crippen molar-refractivity contribution in [1.29, 1.82) is 0 Å². The van der Waals surface area contributed by atoms with Crippen LogP contribution in [0.2, 0.25) is 0 Å². The maximum absolute atomic E-state index is 8.99. The van der Waals surface area contributed by atoms with E-state index in [1.165, 1.54) is 0 Å². The van der Waals surface area contributed by atoms with E-state index in [9.17, 15) is 0 Å². The van der Waals surface area contributed by atoms with Crippen LogP contribution in [0.4, 0.5) is 0 Å². The number of hydrogen-bond acceptors (Lipinski definition) is 5. The second-order valence-corrected chi connectivity index (χ2v) is 4.27. The molecule has 2 N–H and O–H groups in total. The average Bonchev–Trinajstić information content (AvgIpc) is 2.34. The molecule has 5 nitrogen and oxygen atoms in total. The Morgan fingerprint density at radius 2 is 1.83 bits per heavy atom. The van der Waals surface area contributed by atoms with Gasteiger partial charge in [0.25, 0.3) is 0 Å². The summed E-state index contributed by atoms with van der Waals surface area (Å²) in [6.07, 6.45) is 1.79. The van der Waals surface area contributed by atoms with Gasteiger partial charge in [-0.2, -0.15) is 0 Å². The van der Waals surface area contributed by atoms with Gasteiger partial charge in [-0.3, -0.25) is 9.88 Å². The van der Waals surface area contributed by atoms with Crippen LogP contribution in [0.3, 0.4) is 0 Å². The number of rotatable bonds is 7. The fraction of sp³-hybridized carbons (Fsp3) is 0.615. The molecule has 0 bridgehead atoms. The van der Waals surface area contributed by atoms with E-state index in [1.807, 2.05) is 18.7 Å². The topological polar surface area (TPSA) is 65.8 Å². The zero-order chi connectivity index (χ0) is 13.5. The number of methoxy groups -OCH3 is 1. The minimum Gasteiger partial charge on any atom is -0.496 e. The van der Waals surface area contributed by atoms with Crippen molar-refractivity contribution < 1.29 is 14.9 Å². The predicted octanol–water partition coefficient (Wildman–Crippen LogP) is 0.494. The van der Waals surface area contributed by atoms with Gasteiger partial charge in [0.2, 0.25) is 0 Å². The fourth-order valence-electron chi connectivity index (χ4n) is 2.00. The smallest absolute Gasteiger partial charge is 0.128 e. The molecule has 0 aromatic carbocycles. The van der Waals surface area contributed by atoms with Gasteiger partial charge in [0, 0.05) is 37.0 Å². The zero-order valence-corrected chi connectivity index (χ0v) is 11.3. The number of hydrogen-bond donors (Lipinski definition) is 2. The first-order valence-electron chi connectivity index (χ1n) is 6.07. The standard InChI is InChI=1S/C13H22N2O3/c1-10-8-14-12(11(2)13(10)18-3)9-15(4-6-16)5-7-17/h8,16-17H,4-7,9H2,1-3H3. The number of aliphatic hydroxyl groups is 2. The first-order chi connectivity index (χ1) is 8.63. The lowest BCUT2D eigenvalue weighted by atomic mass is 10.1. The Hall–Kier alpha value is -1.17. The summed E-state index contributed by atoms with van der Waals surface area (Å²) < 4.78 is 5.36. The summed E-state index contributed by atoms with van der Waals surface area (Å²) in [6.45, 7) is 5.73. The first kappa shape index (κ1) is 14.9. The Kier molecular flexibility index (Phi) is 6.04. The summed E-state index contributed by atoms with van der Waals surface area (Å²) >= 11 is 0. The molecule has 0 atom stereocenters. The van der Waals surface area contributed by atoms with Crippen molar-refractivity contribution >= 4 is 0 Å². The van der Waals surface area contributed by atoms with Gasteiger partial charge in [-0.1, -0.05) is 0 Å². The summed E-state index contributed by atoms with van der Waals surface area (Å²) in [6, 6.07) is 0. The van der Waals surface area contributed by atoms with E-state index in [4.69, 9.17) is 14.9 Å². The number of nitrogens with zero attached hydrogens (tertiary/aromatic N) is 2. The van der Waals surface area contributed by atoms with E-state index in [-0.39, 0.29) is 13.2 Å². The molecule has 0 saturated heterocycles. The lowest BCUT2D eigenvalue weighted by molar-refractivity contribution is 0.154. The van der Waals surface area contributed by atoms with E-state index >= 15 is 0 Å². The number of pyridine rings is 1. The van der Waals surface area contributed by atoms with Crippen molar-refractivity contribution in [2.45, 2.75) is 20.4 Å². The molecule has 0 saturated carbocycles. The Bertz CT molecular complexity index is 377. The molecule has 0 radical (unpaired) electrons. The monoisotopic (exact) mass is 254 g/mol. The highest BCUT2D eigenvalue weighted by atomic mass is 16.5. The predicted molar refractivity (Wildman–Crippen MR) is 69.7 cm³/mol. The molecule has 1 aromatic rings. The molecule has 0 aliphatic rings. The minimum atomic E-state index is 0.0715. The fourth-order valence-corrected chi connectivity index (χ4v) is 2.00. The van der Waals surface area contributed by atoms with Crippen LogP contribution in [0.5, 0.6) is 5.75 Å². The molecular weight excluding hydrogens is 232 g/mol. The summed E-state index contributed by atoms with van der Waals surface area (Å²) in [5, 5.41) is 18.0. The van der Waals surface area contributed by atoms with Crippen molar-refractivity contribution in [2.75, 3.05) is 33.4 Å². The number of aromatic nitrogens is 1. The Morgan fingerprint density at radius 1 is 1.22 bits per heavy atom. The van der Waals surface area contributed by atoms with Crippen molar-refractivity contribution in [1.82, 2.24) is 9.88 Å². The van der Waals surface area contributed by atoms with Crippen LogP contribution in [-0.2, 0) is 6.54 Å². The summed E-state index contributed by atoms with van der Waals surface area (Å²) in [4.78, 5) is 6.37. The minimum absolute atomic E-state index is 0.0715. The normalized spacial score (nSPS) is 11.0. The molecule has 1 aromatic heterocycles. The van der Waals surface area contributed by atoms with Gasteiger partial charge in [-0.05, 0) is 13.8 Å². The third kappa shape index (κ3) is 3.66. The van der Waals surface area contributed by atoms with Gasteiger partial charge < -0.3 is 14.9 Å². The number of ether oxygens (including phenoxy) is 1. The maximum Gasteiger partial charge on any atom is 0.128 e. The van der Waals surface area contributed by atoms with Crippen LogP contribution in [0, 0.1) is 13.8 Å². The maximum atomic E-state index is 8.99. The second-order valence-electron chi connectivity index (χ2n) is 4.27. The Morgan fingerprint density at radius 3 is 2.33 bits per heavy atom. The Balaban J connectivity index is 2.88. The third-order valence-electron chi connectivity index (χ3n) is 2.96. The van der Waals surface area contributed by atoms with E-state index in [2.05, 4.69) is 4.98 Å². The van der Waals surface area contributed by atoms with Crippen LogP contribution in [0.1, 0.15) is 16.8 Å². The number of aliphatic hydroxyl groups excluding tert-OH is 2. The molecule has 0 amide bonds. The van der Waals surface area contributed by atoms with Gasteiger partial charge in [0.05, 0.1) is 26.0 Å². The van der Waals surface area contributed by atoms with Gasteiger partial charge in [0.1, 0.15) is 5.75 Å². The Labute approximate surface area is 108 Å². The zero-order valence-electron chi connectivity index (χ0n) is 11.3. The summed E-state index contributed by atoms with van der Waals surface area (Å²) in [5.74, 6) is 0.855. The van der Waals surface area contributed by atoms with E-state index < -0.39 is 0 Å². The molecule has 18 heavy (non-hydrogen) atoms. The van der Waals surface area contributed by atoms with Gasteiger partial charge in [0.15, 0.2) is 0 Å². The molecule has 1 heterocycles. The van der Waals surface area contributed by atoms with E-state index in [1.54, 1.807) is 13.3 Å². The molecule has 5 heteroatoms. The summed E-state index contributed by atoms with van der Waals surface area (Å²) in [7, 11) is 1.65. The molecule has 0 aliphatic carbocycles. The second kappa shape index (κ2) is 7.31. The van der Waals surface area contributed by atoms with Crippen molar-refractivity contribution in [3.05, 3.63) is 23.0 Å². The quantitative estimate of drug-likeness (QED) is 0.741. The number of aryl methyl sites for hydroxylation is 1. The summed E-state index contributed by atoms with van der Waals surface area (Å²) in [5.41, 5.74) is 2.94. The first-order valence-corrected chi connectivity index (χ1v) is 6.07. The molecule has 0 spiro atoms. The highest BCUT2D eigenvalue weighted by Gasteiger charge is 2.12. The van der Waals surface area contributed by atoms with Crippen molar-refractivity contribution in [3.63, 3.8) is 0 Å². The molecular formula is C13H22N2O3. The lowest BCUT2D eigenvalue weighted by Crippen LogP contribution is -2.30. The van der Waals surface area contributed by atoms with Crippen LogP contribution in [0.15, 0.2) is 6.20 Å². The highest BCUT2D eigenvalue weighted by molar-refractivity contribution is 5.40. The molecule has 102 valence electrons. The van der Waals surface area contributed by atoms with Crippen LogP contribution >= 0.6 is 0 Å². The molecule has 0 aliphatic heterocycles. The SMILES string of the molecule is COc1c(C)cnc(CN(CCO)CCO)c1C. The molecule has 1 rings (SSSR count). The molecule has 0 fully saturated rings. The lowest BCUT2D eigenvalue weighted by Gasteiger charge is -2.21. The van der Waals surface area contributed by atoms with Gasteiger partial charge in [-0.25, -0.2) is 0 Å². The molecule has 0 unspecified atom stereocenters. The van der Waals surface area contributed by atoms with Crippen LogP contribution < -0.4 is 4.74 Å². The van der Waals surface area contributed by atoms with E-state index in [0.29, 0.717) is 19.6 Å².